The Bertz CT molecular complexity index is 1310. The topological polar surface area (TPSA) is 82.3 Å². The number of rotatable bonds is 19. The van der Waals surface area contributed by atoms with E-state index in [1.807, 2.05) is 22.6 Å². The van der Waals surface area contributed by atoms with Crippen LogP contribution in [0.25, 0.3) is 5.52 Å². The van der Waals surface area contributed by atoms with E-state index in [-0.39, 0.29) is 30.6 Å². The van der Waals surface area contributed by atoms with Crippen LogP contribution >= 0.6 is 12.4 Å². The Hall–Kier alpha value is -3.16. The van der Waals surface area contributed by atoms with Crippen molar-refractivity contribution in [3.8, 4) is 0 Å². The molecule has 0 radical (unpaired) electrons. The molecule has 0 spiro atoms. The highest BCUT2D eigenvalue weighted by Crippen LogP contribution is 2.24. The fourth-order valence-electron chi connectivity index (χ4n) is 5.42. The van der Waals surface area contributed by atoms with Gasteiger partial charge in [0.25, 0.3) is 5.91 Å². The number of aryl methyl sites for hydroxylation is 2. The van der Waals surface area contributed by atoms with Gasteiger partial charge in [0.05, 0.1) is 5.69 Å². The molecule has 3 rings (SSSR count). The quantitative estimate of drug-likeness (QED) is 0.144. The number of aromatic nitrogens is 1. The maximum Gasteiger partial charge on any atom is 0.323 e. The number of carboxylic acids is 1. The molecule has 236 valence electrons. The van der Waals surface area contributed by atoms with E-state index < -0.39 is 5.97 Å². The normalized spacial score (nSPS) is 11.1. The van der Waals surface area contributed by atoms with Crippen LogP contribution in [0.1, 0.15) is 110 Å². The maximum absolute atomic E-state index is 13.8. The molecule has 1 N–H and O–H groups in total. The largest absolute Gasteiger partial charge is 0.480 e. The Morgan fingerprint density at radius 1 is 0.767 bits per heavy atom. The summed E-state index contributed by atoms with van der Waals surface area (Å²) in [5.41, 5.74) is 4.67. The summed E-state index contributed by atoms with van der Waals surface area (Å²) in [6, 6.07) is 13.5. The lowest BCUT2D eigenvalue weighted by Gasteiger charge is -2.21. The molecule has 1 amide bonds. The lowest BCUT2D eigenvalue weighted by molar-refractivity contribution is -0.137. The number of benzene rings is 1. The highest BCUT2D eigenvalue weighted by Gasteiger charge is 2.22. The van der Waals surface area contributed by atoms with Gasteiger partial charge in [0.15, 0.2) is 0 Å². The minimum Gasteiger partial charge on any atom is -0.480 e. The number of unbranched alkanes of at least 4 members (excludes halogenated alkanes) is 3. The van der Waals surface area contributed by atoms with Crippen molar-refractivity contribution in [3.63, 3.8) is 0 Å². The lowest BCUT2D eigenvalue weighted by atomic mass is 10.00. The van der Waals surface area contributed by atoms with E-state index in [1.165, 1.54) is 49.2 Å². The second-order valence-electron chi connectivity index (χ2n) is 11.2. The molecule has 2 heterocycles. The average molecular weight is 612 g/mol. The third-order valence-corrected chi connectivity index (χ3v) is 7.92. The predicted molar refractivity (Wildman–Crippen MR) is 177 cm³/mol. The third-order valence-electron chi connectivity index (χ3n) is 7.92. The third kappa shape index (κ3) is 10.2. The number of hydrogen-bond donors (Lipinski definition) is 1. The molecule has 0 unspecified atom stereocenters. The Labute approximate surface area is 263 Å². The molecule has 3 aromatic rings. The van der Waals surface area contributed by atoms with Crippen molar-refractivity contribution in [2.45, 2.75) is 85.5 Å². The van der Waals surface area contributed by atoms with Crippen LogP contribution in [0.3, 0.4) is 0 Å². The van der Waals surface area contributed by atoms with Crippen molar-refractivity contribution < 1.29 is 19.5 Å². The fraction of sp³-hybridized carbons (Fsp3) is 0.514. The van der Waals surface area contributed by atoms with Gasteiger partial charge in [0.2, 0.25) is 5.78 Å². The van der Waals surface area contributed by atoms with Gasteiger partial charge in [0.1, 0.15) is 6.54 Å². The number of hydrogen-bond acceptors (Lipinski definition) is 4. The highest BCUT2D eigenvalue weighted by atomic mass is 35.5. The van der Waals surface area contributed by atoms with E-state index in [0.29, 0.717) is 23.4 Å². The van der Waals surface area contributed by atoms with Gasteiger partial charge < -0.3 is 19.3 Å². The van der Waals surface area contributed by atoms with Crippen LogP contribution in [0.2, 0.25) is 0 Å². The van der Waals surface area contributed by atoms with E-state index in [2.05, 4.69) is 37.8 Å². The molecule has 0 bridgehead atoms. The van der Waals surface area contributed by atoms with Gasteiger partial charge in [-0.25, -0.2) is 0 Å². The number of halogens is 1. The van der Waals surface area contributed by atoms with E-state index in [0.717, 1.165) is 49.7 Å². The van der Waals surface area contributed by atoms with E-state index >= 15 is 0 Å². The molecule has 1 aromatic carbocycles. The molecule has 0 atom stereocenters. The van der Waals surface area contributed by atoms with Crippen LogP contribution in [0.15, 0.2) is 48.7 Å². The summed E-state index contributed by atoms with van der Waals surface area (Å²) >= 11 is 0. The predicted octanol–water partition coefficient (Wildman–Crippen LogP) is 7.32. The summed E-state index contributed by atoms with van der Waals surface area (Å²) in [5, 5.41) is 9.17. The van der Waals surface area contributed by atoms with Crippen molar-refractivity contribution in [1.82, 2.24) is 14.2 Å². The second-order valence-corrected chi connectivity index (χ2v) is 11.2. The van der Waals surface area contributed by atoms with Crippen LogP contribution in [0, 0.1) is 0 Å². The van der Waals surface area contributed by atoms with Gasteiger partial charge in [-0.15, -0.1) is 12.4 Å². The Morgan fingerprint density at radius 2 is 1.40 bits per heavy atom. The molecule has 0 saturated heterocycles. The van der Waals surface area contributed by atoms with Crippen molar-refractivity contribution in [2.75, 3.05) is 32.7 Å². The van der Waals surface area contributed by atoms with Crippen LogP contribution in [-0.4, -0.2) is 69.7 Å². The van der Waals surface area contributed by atoms with Crippen LogP contribution in [0.5, 0.6) is 0 Å². The van der Waals surface area contributed by atoms with Gasteiger partial charge in [-0.3, -0.25) is 14.4 Å². The number of amides is 1. The van der Waals surface area contributed by atoms with Crippen LogP contribution in [0.4, 0.5) is 0 Å². The summed E-state index contributed by atoms with van der Waals surface area (Å²) in [7, 11) is 0. The van der Waals surface area contributed by atoms with E-state index in [1.54, 1.807) is 25.3 Å². The first-order valence-corrected chi connectivity index (χ1v) is 15.8. The van der Waals surface area contributed by atoms with E-state index in [4.69, 9.17) is 0 Å². The summed E-state index contributed by atoms with van der Waals surface area (Å²) in [6.45, 7) is 11.8. The van der Waals surface area contributed by atoms with Gasteiger partial charge in [0, 0.05) is 29.4 Å². The Balaban J connectivity index is 0.00000645. The first kappa shape index (κ1) is 36.0. The number of pyridine rings is 1. The molecule has 0 aliphatic carbocycles. The SMILES string of the molecule is CCCCc1cc2cc(C(=O)N(CC)CC(=O)O)ccn2c1C(=O)c1ccc(CCCN(CCCC)CCCC)cc1.Cl. The zero-order valence-corrected chi connectivity index (χ0v) is 27.3. The minimum atomic E-state index is -1.05. The number of carbonyl (C=O) groups excluding carboxylic acids is 2. The lowest BCUT2D eigenvalue weighted by Crippen LogP contribution is -2.35. The zero-order chi connectivity index (χ0) is 30.5. The highest BCUT2D eigenvalue weighted by molar-refractivity contribution is 6.10. The molecule has 8 heteroatoms. The van der Waals surface area contributed by atoms with Crippen molar-refractivity contribution in [1.29, 1.82) is 0 Å². The number of nitrogens with zero attached hydrogens (tertiary/aromatic N) is 3. The number of likely N-dealkylation sites (N-methyl/N-ethyl adjacent to an activating group) is 1. The molecule has 0 aliphatic heterocycles. The number of aliphatic carboxylic acids is 1. The summed E-state index contributed by atoms with van der Waals surface area (Å²) in [5.74, 6) is -1.41. The van der Waals surface area contributed by atoms with Gasteiger partial charge in [-0.1, -0.05) is 64.3 Å². The van der Waals surface area contributed by atoms with Gasteiger partial charge in [-0.05, 0) is 94.4 Å². The summed E-state index contributed by atoms with van der Waals surface area (Å²) < 4.78 is 1.87. The maximum atomic E-state index is 13.8. The number of fused-ring (bicyclic) bond motifs is 1. The fourth-order valence-corrected chi connectivity index (χ4v) is 5.42. The molecule has 2 aromatic heterocycles. The number of ketones is 1. The van der Waals surface area contributed by atoms with Gasteiger partial charge >= 0.3 is 5.97 Å². The first-order chi connectivity index (χ1) is 20.3. The van der Waals surface area contributed by atoms with Crippen LogP contribution in [-0.2, 0) is 17.6 Å². The van der Waals surface area contributed by atoms with Crippen molar-refractivity contribution in [2.24, 2.45) is 0 Å². The second kappa shape index (κ2) is 18.5. The number of carboxylic acid groups (broad SMARTS) is 1. The molecule has 0 saturated carbocycles. The summed E-state index contributed by atoms with van der Waals surface area (Å²) in [4.78, 5) is 41.9. The van der Waals surface area contributed by atoms with Crippen molar-refractivity contribution in [3.05, 3.63) is 76.6 Å². The Kier molecular flexibility index (Phi) is 15.5. The van der Waals surface area contributed by atoms with Gasteiger partial charge in [-0.2, -0.15) is 0 Å². The monoisotopic (exact) mass is 611 g/mol. The zero-order valence-electron chi connectivity index (χ0n) is 26.4. The average Bonchev–Trinajstić information content (AvgIpc) is 3.36. The molecule has 0 aliphatic rings. The van der Waals surface area contributed by atoms with Crippen LogP contribution < -0.4 is 0 Å². The first-order valence-electron chi connectivity index (χ1n) is 15.8. The number of carbonyl (C=O) groups is 3. The van der Waals surface area contributed by atoms with Crippen molar-refractivity contribution >= 4 is 35.6 Å². The summed E-state index contributed by atoms with van der Waals surface area (Å²) in [6.07, 6.45) is 11.5. The molecule has 0 fully saturated rings. The smallest absolute Gasteiger partial charge is 0.323 e. The molecule has 43 heavy (non-hydrogen) atoms. The molecule has 7 nitrogen and oxygen atoms in total. The molecular formula is C35H50ClN3O4. The standard InChI is InChI=1S/C35H49N3O4.ClH/c1-5-9-14-29-24-31-25-30(35(42)37(8-4)26-32(39)40)19-23-38(31)33(29)34(41)28-17-15-27(16-18-28)13-12-22-36(20-10-6-2)21-11-7-3;/h15-19,23-25H,5-14,20-22,26H2,1-4H3,(H,39,40);1H. The Morgan fingerprint density at radius 3 is 1.98 bits per heavy atom. The molecular weight excluding hydrogens is 562 g/mol. The minimum absolute atomic E-state index is 0. The van der Waals surface area contributed by atoms with E-state index in [9.17, 15) is 19.5 Å².